The van der Waals surface area contributed by atoms with Gasteiger partial charge in [0.05, 0.1) is 6.54 Å². The van der Waals surface area contributed by atoms with Crippen molar-refractivity contribution in [1.29, 1.82) is 0 Å². The minimum absolute atomic E-state index is 0.0890. The topological polar surface area (TPSA) is 71.3 Å². The molecule has 1 fully saturated rings. The van der Waals surface area contributed by atoms with Crippen molar-refractivity contribution in [3.05, 3.63) is 34.6 Å². The Morgan fingerprint density at radius 1 is 1.24 bits per heavy atom. The minimum Gasteiger partial charge on any atom is -0.353 e. The highest BCUT2D eigenvalue weighted by molar-refractivity contribution is 9.10. The van der Waals surface area contributed by atoms with Gasteiger partial charge in [-0.2, -0.15) is 4.98 Å². The van der Waals surface area contributed by atoms with Crippen molar-refractivity contribution < 1.29 is 9.32 Å². The van der Waals surface area contributed by atoms with E-state index < -0.39 is 0 Å². The maximum Gasteiger partial charge on any atom is 0.241 e. The molecule has 0 atom stereocenters. The molecule has 158 valence electrons. The van der Waals surface area contributed by atoms with Gasteiger partial charge in [0.25, 0.3) is 0 Å². The number of rotatable bonds is 7. The second-order valence-corrected chi connectivity index (χ2v) is 9.51. The second kappa shape index (κ2) is 9.85. The minimum atomic E-state index is 0.0890. The van der Waals surface area contributed by atoms with Gasteiger partial charge in [0.1, 0.15) is 0 Å². The summed E-state index contributed by atoms with van der Waals surface area (Å²) in [5, 5.41) is 7.38. The molecule has 2 aromatic rings. The number of piperidine rings is 1. The van der Waals surface area contributed by atoms with Crippen LogP contribution in [0.15, 0.2) is 33.3 Å². The fourth-order valence-electron chi connectivity index (χ4n) is 3.99. The Hall–Kier alpha value is -1.73. The maximum atomic E-state index is 12.7. The number of amides is 1. The third kappa shape index (κ3) is 5.89. The molecule has 1 aliphatic heterocycles. The predicted octanol–water partition coefficient (Wildman–Crippen LogP) is 4.51. The van der Waals surface area contributed by atoms with Crippen LogP contribution >= 0.6 is 15.9 Å². The third-order valence-corrected chi connectivity index (χ3v) is 6.11. The number of likely N-dealkylation sites (tertiary alicyclic amines) is 1. The molecule has 1 N–H and O–H groups in total. The summed E-state index contributed by atoms with van der Waals surface area (Å²) in [6.07, 6.45) is 1.72. The monoisotopic (exact) mass is 462 g/mol. The van der Waals surface area contributed by atoms with E-state index in [1.165, 1.54) is 0 Å². The lowest BCUT2D eigenvalue weighted by molar-refractivity contribution is -0.127. The van der Waals surface area contributed by atoms with Gasteiger partial charge < -0.3 is 9.84 Å². The molecule has 0 bridgehead atoms. The van der Waals surface area contributed by atoms with Gasteiger partial charge in [0, 0.05) is 22.0 Å². The first-order valence-corrected chi connectivity index (χ1v) is 11.2. The van der Waals surface area contributed by atoms with Gasteiger partial charge >= 0.3 is 0 Å². The second-order valence-electron chi connectivity index (χ2n) is 8.59. The smallest absolute Gasteiger partial charge is 0.241 e. The van der Waals surface area contributed by atoms with E-state index in [1.54, 1.807) is 0 Å². The summed E-state index contributed by atoms with van der Waals surface area (Å²) in [6.45, 7) is 11.0. The van der Waals surface area contributed by atoms with Crippen molar-refractivity contribution in [2.45, 2.75) is 53.1 Å². The van der Waals surface area contributed by atoms with Crippen LogP contribution in [0.5, 0.6) is 0 Å². The van der Waals surface area contributed by atoms with Crippen LogP contribution in [0.1, 0.15) is 46.4 Å². The van der Waals surface area contributed by atoms with E-state index >= 15 is 0 Å². The Morgan fingerprint density at radius 3 is 2.55 bits per heavy atom. The number of benzene rings is 1. The Labute approximate surface area is 181 Å². The molecule has 1 saturated heterocycles. The number of hydrogen-bond acceptors (Lipinski definition) is 5. The number of carbonyl (C=O) groups is 1. The molecule has 0 unspecified atom stereocenters. The van der Waals surface area contributed by atoms with E-state index in [9.17, 15) is 4.79 Å². The Morgan fingerprint density at radius 2 is 1.93 bits per heavy atom. The van der Waals surface area contributed by atoms with Crippen LogP contribution < -0.4 is 5.32 Å². The highest BCUT2D eigenvalue weighted by Gasteiger charge is 2.28. The lowest BCUT2D eigenvalue weighted by Crippen LogP contribution is -2.47. The van der Waals surface area contributed by atoms with Crippen LogP contribution in [-0.4, -0.2) is 40.1 Å². The highest BCUT2D eigenvalue weighted by Crippen LogP contribution is 2.23. The molecule has 7 heteroatoms. The summed E-state index contributed by atoms with van der Waals surface area (Å²) < 4.78 is 6.43. The average molecular weight is 463 g/mol. The van der Waals surface area contributed by atoms with E-state index in [0.717, 1.165) is 36.0 Å². The van der Waals surface area contributed by atoms with Crippen LogP contribution in [0, 0.1) is 17.8 Å². The van der Waals surface area contributed by atoms with Gasteiger partial charge in [-0.25, -0.2) is 0 Å². The SMILES string of the molecule is CC(C)C(NC(=O)C1CCN(Cc2nc(-c3cccc(Br)c3)no2)CC1)C(C)C. The zero-order valence-electron chi connectivity index (χ0n) is 17.7. The molecule has 0 aliphatic carbocycles. The van der Waals surface area contributed by atoms with Crippen LogP contribution in [0.3, 0.4) is 0 Å². The Kier molecular flexibility index (Phi) is 7.46. The normalized spacial score (nSPS) is 16.1. The van der Waals surface area contributed by atoms with Crippen molar-refractivity contribution >= 4 is 21.8 Å². The molecule has 2 heterocycles. The molecule has 1 amide bonds. The Balaban J connectivity index is 1.51. The van der Waals surface area contributed by atoms with E-state index in [-0.39, 0.29) is 17.9 Å². The molecule has 0 saturated carbocycles. The molecule has 1 aromatic carbocycles. The van der Waals surface area contributed by atoms with Gasteiger partial charge in [-0.05, 0) is 49.9 Å². The summed E-state index contributed by atoms with van der Waals surface area (Å²) in [6, 6.07) is 8.09. The summed E-state index contributed by atoms with van der Waals surface area (Å²) >= 11 is 3.47. The van der Waals surface area contributed by atoms with Crippen molar-refractivity contribution in [2.75, 3.05) is 13.1 Å². The molecular weight excluding hydrogens is 432 g/mol. The first-order valence-electron chi connectivity index (χ1n) is 10.4. The first kappa shape index (κ1) is 22.0. The van der Waals surface area contributed by atoms with Crippen LogP contribution in [0.4, 0.5) is 0 Å². The van der Waals surface area contributed by atoms with Crippen molar-refractivity contribution in [2.24, 2.45) is 17.8 Å². The standard InChI is InChI=1S/C22H31BrN4O2/c1-14(2)20(15(3)4)25-22(28)16-8-10-27(11-9-16)13-19-24-21(26-29-19)17-6-5-7-18(23)12-17/h5-7,12,14-16,20H,8-11,13H2,1-4H3,(H,25,28). The van der Waals surface area contributed by atoms with Crippen molar-refractivity contribution in [3.8, 4) is 11.4 Å². The summed E-state index contributed by atoms with van der Waals surface area (Å²) in [5.74, 6) is 2.39. The number of nitrogens with one attached hydrogen (secondary N) is 1. The third-order valence-electron chi connectivity index (χ3n) is 5.61. The number of halogens is 1. The summed E-state index contributed by atoms with van der Waals surface area (Å²) in [4.78, 5) is 19.5. The average Bonchev–Trinajstić information content (AvgIpc) is 3.14. The van der Waals surface area contributed by atoms with Gasteiger partial charge in [0.15, 0.2) is 0 Å². The number of hydrogen-bond donors (Lipinski definition) is 1. The zero-order chi connectivity index (χ0) is 21.0. The molecule has 6 nitrogen and oxygen atoms in total. The molecule has 3 rings (SSSR count). The van der Waals surface area contributed by atoms with Crippen molar-refractivity contribution in [1.82, 2.24) is 20.4 Å². The van der Waals surface area contributed by atoms with Crippen LogP contribution in [-0.2, 0) is 11.3 Å². The van der Waals surface area contributed by atoms with E-state index in [0.29, 0.717) is 30.1 Å². The van der Waals surface area contributed by atoms with Gasteiger partial charge in [0.2, 0.25) is 17.6 Å². The van der Waals surface area contributed by atoms with Gasteiger partial charge in [-0.1, -0.05) is 60.9 Å². The van der Waals surface area contributed by atoms with Gasteiger partial charge in [-0.15, -0.1) is 0 Å². The molecular formula is C22H31BrN4O2. The summed E-state index contributed by atoms with van der Waals surface area (Å²) in [7, 11) is 0. The summed E-state index contributed by atoms with van der Waals surface area (Å²) in [5.41, 5.74) is 0.926. The molecule has 29 heavy (non-hydrogen) atoms. The lowest BCUT2D eigenvalue weighted by atomic mass is 9.90. The predicted molar refractivity (Wildman–Crippen MR) is 117 cm³/mol. The van der Waals surface area contributed by atoms with Crippen molar-refractivity contribution in [3.63, 3.8) is 0 Å². The quantitative estimate of drug-likeness (QED) is 0.655. The maximum absolute atomic E-state index is 12.7. The van der Waals surface area contributed by atoms with Crippen LogP contribution in [0.25, 0.3) is 11.4 Å². The van der Waals surface area contributed by atoms with Gasteiger partial charge in [-0.3, -0.25) is 9.69 Å². The fraction of sp³-hybridized carbons (Fsp3) is 0.591. The van der Waals surface area contributed by atoms with E-state index in [1.807, 2.05) is 24.3 Å². The van der Waals surface area contributed by atoms with E-state index in [2.05, 4.69) is 64.0 Å². The molecule has 0 radical (unpaired) electrons. The van der Waals surface area contributed by atoms with E-state index in [4.69, 9.17) is 4.52 Å². The number of carbonyl (C=O) groups excluding carboxylic acids is 1. The number of nitrogens with zero attached hydrogens (tertiary/aromatic N) is 3. The molecule has 1 aliphatic rings. The highest BCUT2D eigenvalue weighted by atomic mass is 79.9. The molecule has 0 spiro atoms. The lowest BCUT2D eigenvalue weighted by Gasteiger charge is -2.33. The van der Waals surface area contributed by atoms with Crippen LogP contribution in [0.2, 0.25) is 0 Å². The number of aromatic nitrogens is 2. The first-order chi connectivity index (χ1) is 13.8. The zero-order valence-corrected chi connectivity index (χ0v) is 19.3. The largest absolute Gasteiger partial charge is 0.353 e. The fourth-order valence-corrected chi connectivity index (χ4v) is 4.39. The molecule has 1 aromatic heterocycles. The Bertz CT molecular complexity index is 805.